The van der Waals surface area contributed by atoms with Gasteiger partial charge < -0.3 is 4.90 Å². The van der Waals surface area contributed by atoms with Crippen molar-refractivity contribution < 1.29 is 0 Å². The van der Waals surface area contributed by atoms with E-state index in [1.54, 1.807) is 0 Å². The fourth-order valence-electron chi connectivity index (χ4n) is 8.73. The van der Waals surface area contributed by atoms with Gasteiger partial charge in [0.15, 0.2) is 0 Å². The average molecular weight is 676 g/mol. The first-order valence-corrected chi connectivity index (χ1v) is 18.4. The Morgan fingerprint density at radius 3 is 1.77 bits per heavy atom. The van der Waals surface area contributed by atoms with Gasteiger partial charge in [-0.15, -0.1) is 0 Å². The van der Waals surface area contributed by atoms with Gasteiger partial charge in [0, 0.05) is 22.2 Å². The van der Waals surface area contributed by atoms with Crippen molar-refractivity contribution in [3.05, 3.63) is 223 Å². The Morgan fingerprint density at radius 2 is 0.943 bits per heavy atom. The molecule has 0 radical (unpaired) electrons. The molecule has 9 aromatic rings. The maximum absolute atomic E-state index is 2.49. The first kappa shape index (κ1) is 31.1. The van der Waals surface area contributed by atoms with E-state index in [0.29, 0.717) is 0 Å². The highest BCUT2D eigenvalue weighted by atomic mass is 15.1. The van der Waals surface area contributed by atoms with Gasteiger partial charge in [-0.05, 0) is 91.7 Å². The summed E-state index contributed by atoms with van der Waals surface area (Å²) in [4.78, 5) is 2.49. The van der Waals surface area contributed by atoms with Crippen molar-refractivity contribution in [2.75, 3.05) is 4.90 Å². The Morgan fingerprint density at radius 1 is 0.377 bits per heavy atom. The summed E-state index contributed by atoms with van der Waals surface area (Å²) in [6, 6.07) is 75.6. The lowest BCUT2D eigenvalue weighted by Gasteiger charge is -2.31. The predicted octanol–water partition coefficient (Wildman–Crippen LogP) is 14.1. The number of rotatable bonds is 6. The van der Waals surface area contributed by atoms with Crippen LogP contribution in [0, 0.1) is 0 Å². The third kappa shape index (κ3) is 5.00. The van der Waals surface area contributed by atoms with Gasteiger partial charge in [-0.2, -0.15) is 0 Å². The van der Waals surface area contributed by atoms with Crippen LogP contribution in [0.2, 0.25) is 0 Å². The summed E-state index contributed by atoms with van der Waals surface area (Å²) in [7, 11) is 0. The Hall–Kier alpha value is -6.70. The topological polar surface area (TPSA) is 3.24 Å². The Kier molecular flexibility index (Phi) is 7.33. The molecule has 1 heteroatoms. The number of fused-ring (bicyclic) bond motifs is 5. The van der Waals surface area contributed by atoms with Crippen molar-refractivity contribution in [1.82, 2.24) is 0 Å². The van der Waals surface area contributed by atoms with E-state index in [4.69, 9.17) is 0 Å². The molecule has 0 heterocycles. The van der Waals surface area contributed by atoms with E-state index in [1.165, 1.54) is 77.3 Å². The van der Waals surface area contributed by atoms with Gasteiger partial charge in [0.1, 0.15) is 0 Å². The molecule has 53 heavy (non-hydrogen) atoms. The standard InChI is InChI=1S/C52H37N/c1-52(41-19-3-2-4-20-41)47-25-11-9-23-46(47)51-48(52)26-14-28-50(51)53(42-34-33-36-15-5-6-17-40(36)35-42)49-27-12-10-22-45(49)39-31-29-38(30-32-39)44-24-13-18-37-16-7-8-21-43(37)44/h2-35H,1H3. The van der Waals surface area contributed by atoms with Crippen LogP contribution in [0.1, 0.15) is 23.6 Å². The molecule has 1 aliphatic carbocycles. The Balaban J connectivity index is 1.19. The molecule has 0 amide bonds. The molecule has 250 valence electrons. The molecule has 0 aliphatic heterocycles. The minimum absolute atomic E-state index is 0.296. The van der Waals surface area contributed by atoms with Crippen LogP contribution >= 0.6 is 0 Å². The highest BCUT2D eigenvalue weighted by Gasteiger charge is 2.42. The minimum atomic E-state index is -0.296. The molecule has 1 unspecified atom stereocenters. The first-order chi connectivity index (χ1) is 26.2. The molecule has 1 atom stereocenters. The summed E-state index contributed by atoms with van der Waals surface area (Å²) < 4.78 is 0. The van der Waals surface area contributed by atoms with Crippen LogP contribution in [-0.2, 0) is 5.41 Å². The van der Waals surface area contributed by atoms with Crippen LogP contribution in [0.4, 0.5) is 17.1 Å². The van der Waals surface area contributed by atoms with Crippen LogP contribution in [0.3, 0.4) is 0 Å². The summed E-state index contributed by atoms with van der Waals surface area (Å²) in [6.45, 7) is 2.39. The van der Waals surface area contributed by atoms with E-state index >= 15 is 0 Å². The summed E-state index contributed by atoms with van der Waals surface area (Å²) in [5.41, 5.74) is 14.5. The quantitative estimate of drug-likeness (QED) is 0.170. The SMILES string of the molecule is CC1(c2ccccc2)c2ccccc2-c2c(N(c3ccc4ccccc4c3)c3ccccc3-c3ccc(-c4cccc5ccccc45)cc3)cccc21. The van der Waals surface area contributed by atoms with E-state index in [9.17, 15) is 0 Å². The van der Waals surface area contributed by atoms with E-state index in [0.717, 1.165) is 11.4 Å². The fourth-order valence-corrected chi connectivity index (χ4v) is 8.73. The lowest BCUT2D eigenvalue weighted by atomic mass is 9.74. The van der Waals surface area contributed by atoms with E-state index in [1.807, 2.05) is 0 Å². The highest BCUT2D eigenvalue weighted by molar-refractivity contribution is 6.01. The molecule has 0 bridgehead atoms. The highest BCUT2D eigenvalue weighted by Crippen LogP contribution is 2.57. The summed E-state index contributed by atoms with van der Waals surface area (Å²) in [5.74, 6) is 0. The summed E-state index contributed by atoms with van der Waals surface area (Å²) in [6.07, 6.45) is 0. The molecule has 0 aromatic heterocycles. The van der Waals surface area contributed by atoms with Gasteiger partial charge in [0.25, 0.3) is 0 Å². The maximum Gasteiger partial charge on any atom is 0.0543 e. The lowest BCUT2D eigenvalue weighted by molar-refractivity contribution is 0.714. The molecular weight excluding hydrogens is 639 g/mol. The van der Waals surface area contributed by atoms with E-state index < -0.39 is 0 Å². The second-order valence-corrected chi connectivity index (χ2v) is 14.2. The summed E-state index contributed by atoms with van der Waals surface area (Å²) in [5, 5.41) is 4.97. The molecule has 1 aliphatic rings. The third-order valence-electron chi connectivity index (χ3n) is 11.3. The number of anilines is 3. The fraction of sp³-hybridized carbons (Fsp3) is 0.0385. The number of hydrogen-bond donors (Lipinski definition) is 0. The zero-order valence-electron chi connectivity index (χ0n) is 29.6. The third-order valence-corrected chi connectivity index (χ3v) is 11.3. The van der Waals surface area contributed by atoms with Gasteiger partial charge in [-0.3, -0.25) is 0 Å². The van der Waals surface area contributed by atoms with Crippen LogP contribution in [0.5, 0.6) is 0 Å². The van der Waals surface area contributed by atoms with E-state index in [-0.39, 0.29) is 5.41 Å². The van der Waals surface area contributed by atoms with Crippen LogP contribution in [-0.4, -0.2) is 0 Å². The number of para-hydroxylation sites is 1. The van der Waals surface area contributed by atoms with Crippen molar-refractivity contribution in [3.8, 4) is 33.4 Å². The van der Waals surface area contributed by atoms with Crippen LogP contribution in [0.15, 0.2) is 206 Å². The van der Waals surface area contributed by atoms with Crippen LogP contribution < -0.4 is 4.90 Å². The average Bonchev–Trinajstić information content (AvgIpc) is 3.50. The molecular formula is C52H37N. The minimum Gasteiger partial charge on any atom is -0.309 e. The smallest absolute Gasteiger partial charge is 0.0543 e. The molecule has 1 nitrogen and oxygen atoms in total. The molecule has 0 saturated carbocycles. The molecule has 0 spiro atoms. The molecule has 0 fully saturated rings. The Bertz CT molecular complexity index is 2790. The molecule has 0 N–H and O–H groups in total. The number of hydrogen-bond acceptors (Lipinski definition) is 1. The number of benzene rings is 9. The zero-order chi connectivity index (χ0) is 35.4. The zero-order valence-corrected chi connectivity index (χ0v) is 29.6. The second-order valence-electron chi connectivity index (χ2n) is 14.2. The first-order valence-electron chi connectivity index (χ1n) is 18.4. The largest absolute Gasteiger partial charge is 0.309 e. The van der Waals surface area contributed by atoms with Crippen LogP contribution in [0.25, 0.3) is 54.9 Å². The summed E-state index contributed by atoms with van der Waals surface area (Å²) >= 11 is 0. The maximum atomic E-state index is 2.49. The van der Waals surface area contributed by atoms with Crippen molar-refractivity contribution >= 4 is 38.6 Å². The van der Waals surface area contributed by atoms with Crippen molar-refractivity contribution in [1.29, 1.82) is 0 Å². The van der Waals surface area contributed by atoms with Gasteiger partial charge in [0.2, 0.25) is 0 Å². The van der Waals surface area contributed by atoms with Gasteiger partial charge in [0.05, 0.1) is 11.4 Å². The lowest BCUT2D eigenvalue weighted by Crippen LogP contribution is -2.22. The van der Waals surface area contributed by atoms with Gasteiger partial charge in [-0.1, -0.05) is 182 Å². The predicted molar refractivity (Wildman–Crippen MR) is 224 cm³/mol. The number of nitrogens with zero attached hydrogens (tertiary/aromatic N) is 1. The molecule has 9 aromatic carbocycles. The van der Waals surface area contributed by atoms with E-state index in [2.05, 4.69) is 218 Å². The second kappa shape index (κ2) is 12.5. The van der Waals surface area contributed by atoms with Crippen molar-refractivity contribution in [2.24, 2.45) is 0 Å². The van der Waals surface area contributed by atoms with Crippen molar-refractivity contribution in [2.45, 2.75) is 12.3 Å². The van der Waals surface area contributed by atoms with Gasteiger partial charge in [-0.25, -0.2) is 0 Å². The van der Waals surface area contributed by atoms with Crippen molar-refractivity contribution in [3.63, 3.8) is 0 Å². The Labute approximate surface area is 311 Å². The normalized spacial score (nSPS) is 14.6. The monoisotopic (exact) mass is 675 g/mol. The molecule has 10 rings (SSSR count). The molecule has 0 saturated heterocycles. The van der Waals surface area contributed by atoms with Gasteiger partial charge >= 0.3 is 0 Å².